The number of aromatic nitrogens is 2. The number of hydrogen-bond donors (Lipinski definition) is 1. The molecule has 9 nitrogen and oxygen atoms in total. The number of ether oxygens (including phenoxy) is 3. The highest BCUT2D eigenvalue weighted by Crippen LogP contribution is 2.40. The number of aliphatic hydroxyl groups is 1. The molecule has 2 aromatic rings. The van der Waals surface area contributed by atoms with Crippen molar-refractivity contribution in [1.29, 1.82) is 0 Å². The molecule has 0 unspecified atom stereocenters. The lowest BCUT2D eigenvalue weighted by Gasteiger charge is -2.44. The first-order valence-corrected chi connectivity index (χ1v) is 13.5. The van der Waals surface area contributed by atoms with Gasteiger partial charge in [0.25, 0.3) is 0 Å². The average Bonchev–Trinajstić information content (AvgIpc) is 2.87. The zero-order valence-corrected chi connectivity index (χ0v) is 23.5. The van der Waals surface area contributed by atoms with Crippen LogP contribution in [0.3, 0.4) is 0 Å². The van der Waals surface area contributed by atoms with Crippen LogP contribution in [0, 0.1) is 6.92 Å². The van der Waals surface area contributed by atoms with E-state index < -0.39 is 35.6 Å². The number of aliphatic hydroxyl groups excluding tert-OH is 1. The van der Waals surface area contributed by atoms with Crippen molar-refractivity contribution in [1.82, 2.24) is 15.1 Å². The van der Waals surface area contributed by atoms with Gasteiger partial charge in [0.15, 0.2) is 12.6 Å². The van der Waals surface area contributed by atoms with Crippen molar-refractivity contribution < 1.29 is 37.3 Å². The summed E-state index contributed by atoms with van der Waals surface area (Å²) in [5.41, 5.74) is 0.543. The van der Waals surface area contributed by atoms with Crippen molar-refractivity contribution in [3.63, 3.8) is 0 Å². The van der Waals surface area contributed by atoms with E-state index in [0.29, 0.717) is 55.2 Å². The molecule has 2 aliphatic rings. The van der Waals surface area contributed by atoms with E-state index in [9.17, 15) is 23.1 Å². The smallest absolute Gasteiger partial charge is 0.416 e. The van der Waals surface area contributed by atoms with Crippen molar-refractivity contribution in [2.75, 3.05) is 37.9 Å². The lowest BCUT2D eigenvalue weighted by molar-refractivity contribution is -0.137. The Morgan fingerprint density at radius 2 is 1.90 bits per heavy atom. The molecule has 1 saturated heterocycles. The van der Waals surface area contributed by atoms with Crippen LogP contribution in [0.1, 0.15) is 57.2 Å². The predicted molar refractivity (Wildman–Crippen MR) is 142 cm³/mol. The molecule has 0 bridgehead atoms. The number of nitrogens with zero attached hydrogens (tertiary/aromatic N) is 4. The van der Waals surface area contributed by atoms with Crippen LogP contribution >= 0.6 is 0 Å². The monoisotopic (exact) mass is 566 g/mol. The van der Waals surface area contributed by atoms with Crippen molar-refractivity contribution in [2.24, 2.45) is 0 Å². The number of aryl methyl sites for hydroxylation is 2. The molecular formula is C28H37F3N4O5. The molecule has 40 heavy (non-hydrogen) atoms. The highest BCUT2D eigenvalue weighted by atomic mass is 19.4. The van der Waals surface area contributed by atoms with Gasteiger partial charge in [-0.2, -0.15) is 13.2 Å². The van der Waals surface area contributed by atoms with Gasteiger partial charge < -0.3 is 29.1 Å². The summed E-state index contributed by atoms with van der Waals surface area (Å²) in [5, 5.41) is 19.8. The Labute approximate surface area is 232 Å². The van der Waals surface area contributed by atoms with Crippen molar-refractivity contribution in [3.05, 3.63) is 34.9 Å². The molecule has 3 heterocycles. The van der Waals surface area contributed by atoms with E-state index >= 15 is 0 Å². The van der Waals surface area contributed by atoms with Crippen LogP contribution < -0.4 is 9.64 Å². The molecule has 220 valence electrons. The fourth-order valence-electron chi connectivity index (χ4n) is 5.11. The number of halogens is 3. The number of piperidine rings is 1. The molecular weight excluding hydrogens is 529 g/mol. The summed E-state index contributed by atoms with van der Waals surface area (Å²) in [7, 11) is 0. The van der Waals surface area contributed by atoms with E-state index in [1.807, 2.05) is 11.0 Å². The number of likely N-dealkylation sites (tertiary alicyclic amines) is 1. The third kappa shape index (κ3) is 6.77. The maximum absolute atomic E-state index is 13.5. The number of carbonyl (C=O) groups excluding carboxylic acids is 1. The molecule has 1 N–H and O–H groups in total. The maximum Gasteiger partial charge on any atom is 0.416 e. The molecule has 2 atom stereocenters. The molecule has 1 amide bonds. The topological polar surface area (TPSA) is 97.3 Å². The molecule has 12 heteroatoms. The van der Waals surface area contributed by atoms with Gasteiger partial charge in [-0.15, -0.1) is 10.2 Å². The van der Waals surface area contributed by atoms with Crippen LogP contribution in [0.25, 0.3) is 11.3 Å². The number of hydrogen-bond acceptors (Lipinski definition) is 8. The Kier molecular flexibility index (Phi) is 8.79. The van der Waals surface area contributed by atoms with Gasteiger partial charge in [-0.1, -0.05) is 0 Å². The summed E-state index contributed by atoms with van der Waals surface area (Å²) >= 11 is 0. The van der Waals surface area contributed by atoms with E-state index in [2.05, 4.69) is 10.2 Å². The lowest BCUT2D eigenvalue weighted by atomic mass is 9.95. The summed E-state index contributed by atoms with van der Waals surface area (Å²) in [4.78, 5) is 16.3. The second-order valence-corrected chi connectivity index (χ2v) is 11.1. The quantitative estimate of drug-likeness (QED) is 0.387. The fourth-order valence-corrected chi connectivity index (χ4v) is 5.11. The molecule has 4 rings (SSSR count). The van der Waals surface area contributed by atoms with Gasteiger partial charge in [0.1, 0.15) is 11.4 Å². The van der Waals surface area contributed by atoms with Gasteiger partial charge >= 0.3 is 12.3 Å². The molecule has 0 radical (unpaired) electrons. The third-order valence-electron chi connectivity index (χ3n) is 6.95. The fraction of sp³-hybridized carbons (Fsp3) is 0.607. The maximum atomic E-state index is 13.5. The summed E-state index contributed by atoms with van der Waals surface area (Å²) in [6.07, 6.45) is -3.80. The molecule has 1 fully saturated rings. The van der Waals surface area contributed by atoms with Gasteiger partial charge in [-0.3, -0.25) is 0 Å². The summed E-state index contributed by atoms with van der Waals surface area (Å²) in [5.74, 6) is 0.602. The zero-order chi connectivity index (χ0) is 29.2. The Bertz CT molecular complexity index is 1220. The number of alkyl halides is 3. The van der Waals surface area contributed by atoms with Crippen molar-refractivity contribution in [2.45, 2.75) is 77.8 Å². The first kappa shape index (κ1) is 29.9. The Morgan fingerprint density at radius 3 is 2.58 bits per heavy atom. The molecule has 0 aliphatic carbocycles. The number of carbonyl (C=O) groups is 1. The number of benzene rings is 1. The number of fused-ring (bicyclic) bond motifs is 1. The van der Waals surface area contributed by atoms with E-state index in [1.54, 1.807) is 39.5 Å². The molecule has 1 aromatic carbocycles. The van der Waals surface area contributed by atoms with Crippen LogP contribution in [-0.2, 0) is 22.1 Å². The average molecular weight is 567 g/mol. The van der Waals surface area contributed by atoms with E-state index in [4.69, 9.17) is 14.2 Å². The van der Waals surface area contributed by atoms with Gasteiger partial charge in [0.2, 0.25) is 0 Å². The second kappa shape index (κ2) is 11.8. The van der Waals surface area contributed by atoms with E-state index in [-0.39, 0.29) is 19.1 Å². The predicted octanol–water partition coefficient (Wildman–Crippen LogP) is 4.97. The van der Waals surface area contributed by atoms with Crippen LogP contribution in [0.4, 0.5) is 23.8 Å². The standard InChI is InChI=1S/C28H37F3N4O5/c1-6-38-16-39-23-14-19(28(29,30)31)12-17(2)24(23)20-13-18-8-7-10-35(25(18)33-32-20)21-15-34(11-9-22(21)36)26(37)40-27(3,4)5/h12-14,21-22,36H,6-11,15-16H2,1-5H3/t21-,22+/m0/s1. The lowest BCUT2D eigenvalue weighted by Crippen LogP contribution is -2.58. The summed E-state index contributed by atoms with van der Waals surface area (Å²) in [6.45, 7) is 10.2. The van der Waals surface area contributed by atoms with E-state index in [0.717, 1.165) is 24.1 Å². The molecule has 1 aromatic heterocycles. The van der Waals surface area contributed by atoms with Crippen molar-refractivity contribution >= 4 is 11.9 Å². The zero-order valence-electron chi connectivity index (χ0n) is 23.5. The highest BCUT2D eigenvalue weighted by molar-refractivity contribution is 5.73. The minimum absolute atomic E-state index is 0.0124. The van der Waals surface area contributed by atoms with Crippen LogP contribution in [0.2, 0.25) is 0 Å². The van der Waals surface area contributed by atoms with Crippen LogP contribution in [-0.4, -0.2) is 77.1 Å². The summed E-state index contributed by atoms with van der Waals surface area (Å²) in [6, 6.07) is 3.44. The van der Waals surface area contributed by atoms with Crippen LogP contribution in [0.5, 0.6) is 5.75 Å². The van der Waals surface area contributed by atoms with Gasteiger partial charge in [0, 0.05) is 31.8 Å². The second-order valence-electron chi connectivity index (χ2n) is 11.1. The third-order valence-corrected chi connectivity index (χ3v) is 6.95. The first-order chi connectivity index (χ1) is 18.8. The minimum atomic E-state index is -4.54. The Hall–Kier alpha value is -3.12. The number of rotatable bonds is 6. The minimum Gasteiger partial charge on any atom is -0.467 e. The first-order valence-electron chi connectivity index (χ1n) is 13.5. The number of anilines is 1. The highest BCUT2D eigenvalue weighted by Gasteiger charge is 2.38. The Morgan fingerprint density at radius 1 is 1.15 bits per heavy atom. The van der Waals surface area contributed by atoms with Gasteiger partial charge in [-0.25, -0.2) is 4.79 Å². The summed E-state index contributed by atoms with van der Waals surface area (Å²) < 4.78 is 57.0. The van der Waals surface area contributed by atoms with Gasteiger partial charge in [0.05, 0.1) is 23.4 Å². The molecule has 0 spiro atoms. The molecule has 0 saturated carbocycles. The SMILES string of the molecule is CCOCOc1cc(C(F)(F)F)cc(C)c1-c1cc2c(nn1)N([C@H]1CN(C(=O)OC(C)(C)C)CC[C@H]1O)CCC2. The van der Waals surface area contributed by atoms with E-state index in [1.165, 1.54) is 0 Å². The van der Waals surface area contributed by atoms with Crippen LogP contribution in [0.15, 0.2) is 18.2 Å². The normalized spacial score (nSPS) is 19.8. The van der Waals surface area contributed by atoms with Gasteiger partial charge in [-0.05, 0) is 83.2 Å². The number of amides is 1. The Balaban J connectivity index is 1.65. The van der Waals surface area contributed by atoms with Crippen molar-refractivity contribution in [3.8, 4) is 17.0 Å². The largest absolute Gasteiger partial charge is 0.467 e. The molecule has 2 aliphatic heterocycles.